The Kier molecular flexibility index (Phi) is 10.6. The number of aldehydes is 1. The zero-order valence-corrected chi connectivity index (χ0v) is 23.1. The molecule has 1 aromatic carbocycles. The van der Waals surface area contributed by atoms with Gasteiger partial charge >= 0.3 is 0 Å². The van der Waals surface area contributed by atoms with Gasteiger partial charge in [-0.1, -0.05) is 62.6 Å². The Morgan fingerprint density at radius 3 is 2.67 bits per heavy atom. The molecule has 0 spiro atoms. The highest BCUT2D eigenvalue weighted by molar-refractivity contribution is 7.99. The van der Waals surface area contributed by atoms with Gasteiger partial charge in [-0.25, -0.2) is 0 Å². The van der Waals surface area contributed by atoms with Gasteiger partial charge in [0.15, 0.2) is 0 Å². The minimum Gasteiger partial charge on any atom is -0.393 e. The van der Waals surface area contributed by atoms with E-state index in [0.717, 1.165) is 48.7 Å². The summed E-state index contributed by atoms with van der Waals surface area (Å²) in [5.41, 5.74) is 2.19. The summed E-state index contributed by atoms with van der Waals surface area (Å²) < 4.78 is 0. The molecular weight excluding hydrogens is 462 g/mol. The highest BCUT2D eigenvalue weighted by atomic mass is 32.2. The molecule has 0 radical (unpaired) electrons. The normalized spacial score (nSPS) is 32.1. The number of nitrogens with zero attached hydrogens (tertiary/aromatic N) is 1. The fourth-order valence-corrected chi connectivity index (χ4v) is 8.02. The number of hydrogen-bond acceptors (Lipinski definition) is 4. The molecule has 0 saturated heterocycles. The third-order valence-electron chi connectivity index (χ3n) is 8.50. The number of aliphatic hydroxyl groups is 1. The lowest BCUT2D eigenvalue weighted by Crippen LogP contribution is -2.51. The summed E-state index contributed by atoms with van der Waals surface area (Å²) in [6.07, 6.45) is 15.7. The van der Waals surface area contributed by atoms with Crippen molar-refractivity contribution in [1.82, 2.24) is 4.98 Å². The van der Waals surface area contributed by atoms with Crippen molar-refractivity contribution in [2.24, 2.45) is 29.1 Å². The van der Waals surface area contributed by atoms with E-state index < -0.39 is 0 Å². The minimum atomic E-state index is -0.217. The van der Waals surface area contributed by atoms with Gasteiger partial charge in [-0.3, -0.25) is 9.78 Å². The van der Waals surface area contributed by atoms with Crippen LogP contribution in [-0.2, 0) is 4.79 Å². The lowest BCUT2D eigenvalue weighted by Gasteiger charge is -2.54. The van der Waals surface area contributed by atoms with Crippen LogP contribution in [0.5, 0.6) is 0 Å². The van der Waals surface area contributed by atoms with Gasteiger partial charge in [-0.2, -0.15) is 0 Å². The van der Waals surface area contributed by atoms with Crippen LogP contribution in [0, 0.1) is 29.1 Å². The quantitative estimate of drug-likeness (QED) is 0.198. The van der Waals surface area contributed by atoms with Gasteiger partial charge in [0.1, 0.15) is 6.29 Å². The number of para-hydroxylation sites is 1. The Morgan fingerprint density at radius 1 is 1.17 bits per heavy atom. The van der Waals surface area contributed by atoms with E-state index in [1.54, 1.807) is 6.08 Å². The molecule has 5 rings (SSSR count). The average Bonchev–Trinajstić information content (AvgIpc) is 3.36. The van der Waals surface area contributed by atoms with Crippen molar-refractivity contribution in [2.45, 2.75) is 70.3 Å². The zero-order valence-electron chi connectivity index (χ0n) is 22.2. The van der Waals surface area contributed by atoms with E-state index in [4.69, 9.17) is 0 Å². The van der Waals surface area contributed by atoms with Crippen LogP contribution in [0.4, 0.5) is 0 Å². The number of carbonyl (C=O) groups excluding carboxylic acids is 1. The lowest BCUT2D eigenvalue weighted by molar-refractivity contribution is -0.104. The number of hydrogen-bond donors (Lipinski definition) is 1. The molecule has 3 aliphatic rings. The van der Waals surface area contributed by atoms with Gasteiger partial charge in [0.05, 0.1) is 11.6 Å². The largest absolute Gasteiger partial charge is 0.393 e. The molecule has 2 aromatic rings. The second-order valence-electron chi connectivity index (χ2n) is 10.3. The number of allylic oxidation sites excluding steroid dienone is 4. The predicted molar refractivity (Wildman–Crippen MR) is 154 cm³/mol. The summed E-state index contributed by atoms with van der Waals surface area (Å²) in [7, 11) is 0. The maximum Gasteiger partial charge on any atom is 0.142 e. The molecule has 0 amide bonds. The monoisotopic (exact) mass is 505 g/mol. The second-order valence-corrected chi connectivity index (χ2v) is 11.6. The van der Waals surface area contributed by atoms with Crippen molar-refractivity contribution in [3.8, 4) is 0 Å². The second kappa shape index (κ2) is 13.4. The molecule has 1 N–H and O–H groups in total. The van der Waals surface area contributed by atoms with Crippen LogP contribution in [0.3, 0.4) is 0 Å². The highest BCUT2D eigenvalue weighted by Crippen LogP contribution is 2.59. The van der Waals surface area contributed by atoms with E-state index in [2.05, 4.69) is 68.4 Å². The standard InChI is InChI=1S/C19H28O2.C11H11NS.C2H4/c1-3-10-19(2)14(9-11-20)7-8-16-15-6-4-5-13(15)12-17(21)18(16)19;1-2-13-10-7-3-5-9-6-4-8-12-11(9)10;1-2/h3,9-11,13,15-18,21H,4-8,12H2,1-2H3;3-8H,2H2,1H3;1-2H2/b10-3-,14-9-;;. The van der Waals surface area contributed by atoms with Gasteiger partial charge in [-0.05, 0) is 74.3 Å². The van der Waals surface area contributed by atoms with E-state index in [9.17, 15) is 9.90 Å². The third kappa shape index (κ3) is 5.86. The summed E-state index contributed by atoms with van der Waals surface area (Å²) in [6, 6.07) is 10.4. The number of aromatic nitrogens is 1. The van der Waals surface area contributed by atoms with Crippen LogP contribution in [0.25, 0.3) is 10.9 Å². The van der Waals surface area contributed by atoms with E-state index in [-0.39, 0.29) is 17.4 Å². The average molecular weight is 506 g/mol. The number of thioether (sulfide) groups is 1. The molecule has 1 heterocycles. The summed E-state index contributed by atoms with van der Waals surface area (Å²) in [6.45, 7) is 12.4. The Balaban J connectivity index is 0.000000206. The Morgan fingerprint density at radius 2 is 1.94 bits per heavy atom. The molecule has 6 unspecified atom stereocenters. The summed E-state index contributed by atoms with van der Waals surface area (Å²) in [4.78, 5) is 16.7. The van der Waals surface area contributed by atoms with Crippen molar-refractivity contribution in [2.75, 3.05) is 5.75 Å². The number of rotatable bonds is 4. The fourth-order valence-electron chi connectivity index (χ4n) is 7.23. The van der Waals surface area contributed by atoms with Gasteiger partial charge in [0.2, 0.25) is 0 Å². The van der Waals surface area contributed by atoms with E-state index in [1.807, 2.05) is 30.9 Å². The maximum atomic E-state index is 11.0. The van der Waals surface area contributed by atoms with Crippen LogP contribution in [0.15, 0.2) is 78.4 Å². The van der Waals surface area contributed by atoms with Crippen molar-refractivity contribution in [1.29, 1.82) is 0 Å². The molecular formula is C32H43NO2S. The zero-order chi connectivity index (χ0) is 26.1. The Bertz CT molecular complexity index is 1060. The Labute approximate surface area is 222 Å². The number of aliphatic hydroxyl groups excluding tert-OH is 1. The van der Waals surface area contributed by atoms with Crippen molar-refractivity contribution < 1.29 is 9.90 Å². The smallest absolute Gasteiger partial charge is 0.142 e. The molecule has 3 saturated carbocycles. The first kappa shape index (κ1) is 28.4. The Hall–Kier alpha value is -2.17. The van der Waals surface area contributed by atoms with Gasteiger partial charge in [0.25, 0.3) is 0 Å². The topological polar surface area (TPSA) is 50.2 Å². The summed E-state index contributed by atoms with van der Waals surface area (Å²) in [5, 5.41) is 12.1. The van der Waals surface area contributed by atoms with E-state index in [1.165, 1.54) is 35.1 Å². The number of carbonyl (C=O) groups is 1. The first-order valence-electron chi connectivity index (χ1n) is 13.5. The van der Waals surface area contributed by atoms with Crippen LogP contribution < -0.4 is 0 Å². The highest BCUT2D eigenvalue weighted by Gasteiger charge is 2.54. The molecule has 6 atom stereocenters. The molecule has 3 aliphatic carbocycles. The molecule has 3 fully saturated rings. The molecule has 0 aliphatic heterocycles. The van der Waals surface area contributed by atoms with E-state index >= 15 is 0 Å². The minimum absolute atomic E-state index is 0.147. The summed E-state index contributed by atoms with van der Waals surface area (Å²) >= 11 is 1.84. The predicted octanol–water partition coefficient (Wildman–Crippen LogP) is 8.05. The molecule has 3 nitrogen and oxygen atoms in total. The molecule has 36 heavy (non-hydrogen) atoms. The van der Waals surface area contributed by atoms with Crippen LogP contribution >= 0.6 is 11.8 Å². The van der Waals surface area contributed by atoms with Gasteiger partial charge in [0, 0.05) is 27.8 Å². The van der Waals surface area contributed by atoms with Crippen LogP contribution in [0.2, 0.25) is 0 Å². The first-order chi connectivity index (χ1) is 17.5. The van der Waals surface area contributed by atoms with Crippen molar-refractivity contribution in [3.63, 3.8) is 0 Å². The number of fused-ring (bicyclic) bond motifs is 4. The lowest BCUT2D eigenvalue weighted by atomic mass is 9.51. The van der Waals surface area contributed by atoms with Crippen LogP contribution in [-0.4, -0.2) is 28.2 Å². The van der Waals surface area contributed by atoms with Crippen LogP contribution in [0.1, 0.15) is 59.3 Å². The molecule has 4 heteroatoms. The van der Waals surface area contributed by atoms with E-state index in [0.29, 0.717) is 5.92 Å². The fraction of sp³-hybridized carbons (Fsp3) is 0.500. The SMILES string of the molecule is C/C=C\C1(C)/C(=C\C=O)CCC2C3CCCC3CC(O)C21.C=C.CCSc1cccc2cccnc12. The third-order valence-corrected chi connectivity index (χ3v) is 9.43. The first-order valence-corrected chi connectivity index (χ1v) is 14.4. The van der Waals surface area contributed by atoms with Gasteiger partial charge in [-0.15, -0.1) is 24.9 Å². The maximum absolute atomic E-state index is 11.0. The van der Waals surface area contributed by atoms with Crippen molar-refractivity contribution in [3.05, 3.63) is 73.5 Å². The molecule has 1 aromatic heterocycles. The number of pyridine rings is 1. The number of benzene rings is 1. The molecule has 194 valence electrons. The molecule has 0 bridgehead atoms. The van der Waals surface area contributed by atoms with Crippen molar-refractivity contribution >= 4 is 29.0 Å². The van der Waals surface area contributed by atoms with Gasteiger partial charge < -0.3 is 5.11 Å². The summed E-state index contributed by atoms with van der Waals surface area (Å²) in [5.74, 6) is 3.56.